The van der Waals surface area contributed by atoms with Gasteiger partial charge in [0, 0.05) is 6.54 Å². The molecule has 0 radical (unpaired) electrons. The Morgan fingerprint density at radius 1 is 1.39 bits per heavy atom. The van der Waals surface area contributed by atoms with Crippen molar-refractivity contribution in [2.75, 3.05) is 6.54 Å². The van der Waals surface area contributed by atoms with Crippen LogP contribution >= 0.6 is 0 Å². The zero-order chi connectivity index (χ0) is 13.4. The molecular formula is C15H21NO2. The second-order valence-electron chi connectivity index (χ2n) is 4.30. The van der Waals surface area contributed by atoms with Crippen LogP contribution in [0.1, 0.15) is 25.8 Å². The van der Waals surface area contributed by atoms with Crippen LogP contribution in [0.4, 0.5) is 0 Å². The van der Waals surface area contributed by atoms with Crippen LogP contribution in [-0.4, -0.2) is 18.6 Å². The van der Waals surface area contributed by atoms with Crippen molar-refractivity contribution in [1.29, 1.82) is 0 Å². The lowest BCUT2D eigenvalue weighted by atomic mass is 10.2. The molecule has 18 heavy (non-hydrogen) atoms. The van der Waals surface area contributed by atoms with Gasteiger partial charge in [-0.1, -0.05) is 49.4 Å². The highest BCUT2D eigenvalue weighted by atomic mass is 16.5. The maximum Gasteiger partial charge on any atom is 0.323 e. The first kappa shape index (κ1) is 14.5. The van der Waals surface area contributed by atoms with Crippen molar-refractivity contribution in [3.63, 3.8) is 0 Å². The predicted octanol–water partition coefficient (Wildman–Crippen LogP) is 2.67. The van der Waals surface area contributed by atoms with Crippen LogP contribution in [0.5, 0.6) is 0 Å². The number of ether oxygens (including phenoxy) is 1. The van der Waals surface area contributed by atoms with Gasteiger partial charge < -0.3 is 10.1 Å². The number of benzene rings is 1. The van der Waals surface area contributed by atoms with E-state index in [4.69, 9.17) is 4.74 Å². The van der Waals surface area contributed by atoms with Crippen molar-refractivity contribution in [3.05, 3.63) is 48.0 Å². The van der Waals surface area contributed by atoms with Crippen molar-refractivity contribution in [2.45, 2.75) is 32.9 Å². The van der Waals surface area contributed by atoms with Gasteiger partial charge in [-0.3, -0.25) is 4.79 Å². The molecule has 1 rings (SSSR count). The van der Waals surface area contributed by atoms with E-state index in [1.165, 1.54) is 0 Å². The van der Waals surface area contributed by atoms with Crippen LogP contribution in [0.3, 0.4) is 0 Å². The summed E-state index contributed by atoms with van der Waals surface area (Å²) in [5, 5.41) is 3.10. The number of rotatable bonds is 7. The monoisotopic (exact) mass is 247 g/mol. The van der Waals surface area contributed by atoms with E-state index in [1.54, 1.807) is 6.92 Å². The van der Waals surface area contributed by atoms with Gasteiger partial charge in [0.05, 0.1) is 0 Å². The molecule has 98 valence electrons. The van der Waals surface area contributed by atoms with E-state index in [2.05, 4.69) is 11.9 Å². The van der Waals surface area contributed by atoms with Gasteiger partial charge in [0.2, 0.25) is 0 Å². The number of esters is 1. The van der Waals surface area contributed by atoms with E-state index in [-0.39, 0.29) is 12.0 Å². The Morgan fingerprint density at radius 3 is 2.67 bits per heavy atom. The molecule has 1 aromatic rings. The highest BCUT2D eigenvalue weighted by Crippen LogP contribution is 2.02. The molecule has 0 saturated heterocycles. The average Bonchev–Trinajstić information content (AvgIpc) is 2.42. The van der Waals surface area contributed by atoms with Crippen LogP contribution in [-0.2, 0) is 16.1 Å². The highest BCUT2D eigenvalue weighted by molar-refractivity contribution is 5.75. The Kier molecular flexibility index (Phi) is 6.15. The van der Waals surface area contributed by atoms with E-state index >= 15 is 0 Å². The minimum Gasteiger partial charge on any atom is -0.460 e. The number of carbonyl (C=O) groups is 1. The van der Waals surface area contributed by atoms with Crippen molar-refractivity contribution >= 4 is 5.97 Å². The minimum atomic E-state index is -0.308. The van der Waals surface area contributed by atoms with E-state index in [9.17, 15) is 4.79 Å². The second-order valence-corrected chi connectivity index (χ2v) is 4.30. The number of nitrogens with one attached hydrogen (secondary N) is 1. The molecule has 3 heteroatoms. The highest BCUT2D eigenvalue weighted by Gasteiger charge is 2.13. The molecule has 1 N–H and O–H groups in total. The molecular weight excluding hydrogens is 226 g/mol. The fraction of sp³-hybridized carbons (Fsp3) is 0.400. The first-order valence-corrected chi connectivity index (χ1v) is 6.24. The number of carbonyl (C=O) groups excluding carboxylic acids is 1. The topological polar surface area (TPSA) is 38.3 Å². The number of hydrogen-bond acceptors (Lipinski definition) is 3. The molecule has 0 spiro atoms. The molecule has 1 aromatic carbocycles. The third-order valence-electron chi connectivity index (χ3n) is 2.74. The average molecular weight is 247 g/mol. The van der Waals surface area contributed by atoms with Gasteiger partial charge in [-0.05, 0) is 18.9 Å². The summed E-state index contributed by atoms with van der Waals surface area (Å²) in [6, 6.07) is 9.35. The molecule has 1 atom stereocenters. The van der Waals surface area contributed by atoms with Gasteiger partial charge in [-0.15, -0.1) is 0 Å². The van der Waals surface area contributed by atoms with E-state index in [1.807, 2.05) is 37.3 Å². The minimum absolute atomic E-state index is 0.234. The van der Waals surface area contributed by atoms with Gasteiger partial charge in [-0.2, -0.15) is 0 Å². The maximum absolute atomic E-state index is 11.7. The smallest absolute Gasteiger partial charge is 0.323 e. The van der Waals surface area contributed by atoms with Gasteiger partial charge >= 0.3 is 5.97 Å². The van der Waals surface area contributed by atoms with Gasteiger partial charge in [0.25, 0.3) is 0 Å². The molecule has 3 nitrogen and oxygen atoms in total. The van der Waals surface area contributed by atoms with Crippen molar-refractivity contribution < 1.29 is 9.53 Å². The molecule has 1 unspecified atom stereocenters. The summed E-state index contributed by atoms with van der Waals surface area (Å²) in [6.07, 6.45) is 0.915. The lowest BCUT2D eigenvalue weighted by Crippen LogP contribution is -2.36. The van der Waals surface area contributed by atoms with Crippen molar-refractivity contribution in [2.24, 2.45) is 0 Å². The molecule has 0 heterocycles. The van der Waals surface area contributed by atoms with E-state index < -0.39 is 0 Å². The first-order valence-electron chi connectivity index (χ1n) is 6.24. The molecule has 0 amide bonds. The summed E-state index contributed by atoms with van der Waals surface area (Å²) in [5.41, 5.74) is 2.08. The third kappa shape index (κ3) is 5.15. The molecule has 0 saturated carbocycles. The normalized spacial score (nSPS) is 11.9. The van der Waals surface area contributed by atoms with Gasteiger partial charge in [0.1, 0.15) is 12.6 Å². The summed E-state index contributed by atoms with van der Waals surface area (Å²) < 4.78 is 5.22. The summed E-state index contributed by atoms with van der Waals surface area (Å²) >= 11 is 0. The molecule has 0 fully saturated rings. The Hall–Kier alpha value is -1.61. The predicted molar refractivity (Wildman–Crippen MR) is 73.1 cm³/mol. The fourth-order valence-electron chi connectivity index (χ4n) is 1.36. The molecule has 0 aliphatic rings. The summed E-state index contributed by atoms with van der Waals surface area (Å²) in [6.45, 7) is 8.70. The van der Waals surface area contributed by atoms with Crippen LogP contribution in [0.15, 0.2) is 42.5 Å². The zero-order valence-corrected chi connectivity index (χ0v) is 11.1. The van der Waals surface area contributed by atoms with Crippen molar-refractivity contribution in [3.8, 4) is 0 Å². The maximum atomic E-state index is 11.7. The standard InChI is InChI=1S/C15H21NO2/c1-4-12(2)10-16-13(3)15(17)18-11-14-8-6-5-7-9-14/h5-9,13,16H,2,4,10-11H2,1,3H3. The Bertz CT molecular complexity index is 387. The van der Waals surface area contributed by atoms with Crippen LogP contribution < -0.4 is 5.32 Å². The summed E-state index contributed by atoms with van der Waals surface area (Å²) in [7, 11) is 0. The summed E-state index contributed by atoms with van der Waals surface area (Å²) in [5.74, 6) is -0.234. The molecule has 0 bridgehead atoms. The largest absolute Gasteiger partial charge is 0.460 e. The third-order valence-corrected chi connectivity index (χ3v) is 2.74. The lowest BCUT2D eigenvalue weighted by Gasteiger charge is -2.13. The lowest BCUT2D eigenvalue weighted by molar-refractivity contribution is -0.146. The SMILES string of the molecule is C=C(CC)CNC(C)C(=O)OCc1ccccc1. The molecule has 0 aliphatic carbocycles. The van der Waals surface area contributed by atoms with Crippen LogP contribution in [0, 0.1) is 0 Å². The Labute approximate surface area is 109 Å². The summed E-state index contributed by atoms with van der Waals surface area (Å²) in [4.78, 5) is 11.7. The Balaban J connectivity index is 2.30. The molecule has 0 aliphatic heterocycles. The number of hydrogen-bond donors (Lipinski definition) is 1. The van der Waals surface area contributed by atoms with Crippen LogP contribution in [0.25, 0.3) is 0 Å². The second kappa shape index (κ2) is 7.67. The van der Waals surface area contributed by atoms with E-state index in [0.29, 0.717) is 13.2 Å². The van der Waals surface area contributed by atoms with Gasteiger partial charge in [-0.25, -0.2) is 0 Å². The zero-order valence-electron chi connectivity index (χ0n) is 11.1. The first-order chi connectivity index (χ1) is 8.63. The quantitative estimate of drug-likeness (QED) is 0.594. The van der Waals surface area contributed by atoms with Crippen molar-refractivity contribution in [1.82, 2.24) is 5.32 Å². The fourth-order valence-corrected chi connectivity index (χ4v) is 1.36. The van der Waals surface area contributed by atoms with E-state index in [0.717, 1.165) is 17.6 Å². The van der Waals surface area contributed by atoms with Crippen LogP contribution in [0.2, 0.25) is 0 Å². The van der Waals surface area contributed by atoms with Gasteiger partial charge in [0.15, 0.2) is 0 Å². The Morgan fingerprint density at radius 2 is 2.06 bits per heavy atom. The molecule has 0 aromatic heterocycles.